The first kappa shape index (κ1) is 25.8. The van der Waals surface area contributed by atoms with Gasteiger partial charge in [0.15, 0.2) is 0 Å². The molecule has 1 N–H and O–H groups in total. The van der Waals surface area contributed by atoms with Crippen molar-refractivity contribution < 1.29 is 13.8 Å². The smallest absolute Gasteiger partial charge is 0.226 e. The van der Waals surface area contributed by atoms with E-state index in [2.05, 4.69) is 5.32 Å². The molecule has 188 valence electrons. The Morgan fingerprint density at radius 3 is 2.40 bits per heavy atom. The van der Waals surface area contributed by atoms with Crippen LogP contribution in [0.25, 0.3) is 0 Å². The molecule has 2 aromatic rings. The van der Waals surface area contributed by atoms with Crippen LogP contribution in [0, 0.1) is 11.8 Å². The van der Waals surface area contributed by atoms with E-state index in [1.807, 2.05) is 66.4 Å². The number of hydrogen-bond donors (Lipinski definition) is 1. The Labute approximate surface area is 212 Å². The summed E-state index contributed by atoms with van der Waals surface area (Å²) >= 11 is 0. The van der Waals surface area contributed by atoms with E-state index in [1.165, 1.54) is 6.42 Å². The number of hydrogen-bond acceptors (Lipinski definition) is 4. The fourth-order valence-electron chi connectivity index (χ4n) is 5.65. The molecule has 1 aliphatic heterocycles. The number of ketones is 1. The third kappa shape index (κ3) is 6.10. The van der Waals surface area contributed by atoms with Gasteiger partial charge in [-0.25, -0.2) is 4.21 Å². The zero-order valence-corrected chi connectivity index (χ0v) is 21.8. The molecule has 6 heteroatoms. The Morgan fingerprint density at radius 1 is 0.971 bits per heavy atom. The lowest BCUT2D eigenvalue weighted by Crippen LogP contribution is -2.42. The Balaban J connectivity index is 1.57. The van der Waals surface area contributed by atoms with Gasteiger partial charge in [-0.1, -0.05) is 49.6 Å². The van der Waals surface area contributed by atoms with Gasteiger partial charge in [-0.2, -0.15) is 0 Å². The molecule has 2 fully saturated rings. The highest BCUT2D eigenvalue weighted by molar-refractivity contribution is 7.85. The van der Waals surface area contributed by atoms with Gasteiger partial charge < -0.3 is 10.2 Å². The number of rotatable bonds is 9. The molecular weight excluding hydrogens is 456 g/mol. The Kier molecular flexibility index (Phi) is 8.90. The van der Waals surface area contributed by atoms with E-state index in [4.69, 9.17) is 0 Å². The lowest BCUT2D eigenvalue weighted by Gasteiger charge is -2.35. The van der Waals surface area contributed by atoms with Crippen LogP contribution >= 0.6 is 0 Å². The molecule has 0 bridgehead atoms. The highest BCUT2D eigenvalue weighted by Gasteiger charge is 2.39. The van der Waals surface area contributed by atoms with E-state index >= 15 is 0 Å². The fourth-order valence-corrected chi connectivity index (χ4v) is 6.78. The minimum Gasteiger partial charge on any atom is -0.335 e. The average molecular weight is 495 g/mol. The lowest BCUT2D eigenvalue weighted by molar-refractivity contribution is -0.141. The molecule has 0 radical (unpaired) electrons. The summed E-state index contributed by atoms with van der Waals surface area (Å²) in [5, 5.41) is 3.04. The van der Waals surface area contributed by atoms with Crippen molar-refractivity contribution in [2.75, 3.05) is 13.6 Å². The topological polar surface area (TPSA) is 66.5 Å². The standard InChI is InChI=1S/C29H38N2O3S/c1-21(30-2)28(32)20-26(22-11-5-3-6-12-22)29(33)31-18-10-17-27(31)23-13-9-16-25(19-23)35(34)24-14-7-4-8-15-24/h4,7-9,13-16,19,21-22,26-27,30H,3,5-6,10-12,17-18,20H2,1-2H3/t21-,26-,27-,35?/m0/s1. The van der Waals surface area contributed by atoms with Gasteiger partial charge in [-0.15, -0.1) is 0 Å². The minimum absolute atomic E-state index is 0.0295. The third-order valence-electron chi connectivity index (χ3n) is 7.82. The summed E-state index contributed by atoms with van der Waals surface area (Å²) in [6, 6.07) is 17.1. The number of nitrogens with zero attached hydrogens (tertiary/aromatic N) is 1. The molecular formula is C29H38N2O3S. The summed E-state index contributed by atoms with van der Waals surface area (Å²) in [6.07, 6.45) is 7.71. The van der Waals surface area contributed by atoms with Crippen LogP contribution in [0.5, 0.6) is 0 Å². The third-order valence-corrected chi connectivity index (χ3v) is 9.21. The van der Waals surface area contributed by atoms with E-state index in [-0.39, 0.29) is 35.6 Å². The number of likely N-dealkylation sites (N-methyl/N-ethyl adjacent to an activating group) is 1. The van der Waals surface area contributed by atoms with Crippen molar-refractivity contribution in [2.45, 2.75) is 80.2 Å². The van der Waals surface area contributed by atoms with Gasteiger partial charge in [-0.3, -0.25) is 9.59 Å². The molecule has 1 saturated heterocycles. The molecule has 1 heterocycles. The summed E-state index contributed by atoms with van der Waals surface area (Å²) in [5.41, 5.74) is 1.04. The number of amides is 1. The van der Waals surface area contributed by atoms with Crippen molar-refractivity contribution in [2.24, 2.45) is 11.8 Å². The maximum Gasteiger partial charge on any atom is 0.226 e. The number of carbonyl (C=O) groups is 2. The van der Waals surface area contributed by atoms with Crippen LogP contribution in [-0.2, 0) is 20.4 Å². The van der Waals surface area contributed by atoms with Crippen LogP contribution in [0.2, 0.25) is 0 Å². The number of nitrogens with one attached hydrogen (secondary N) is 1. The highest BCUT2D eigenvalue weighted by Crippen LogP contribution is 2.39. The maximum atomic E-state index is 14.0. The van der Waals surface area contributed by atoms with Crippen molar-refractivity contribution in [1.29, 1.82) is 0 Å². The molecule has 4 rings (SSSR count). The summed E-state index contributed by atoms with van der Waals surface area (Å²) in [4.78, 5) is 30.4. The van der Waals surface area contributed by atoms with Gasteiger partial charge in [0.2, 0.25) is 5.91 Å². The molecule has 0 aromatic heterocycles. The molecule has 35 heavy (non-hydrogen) atoms. The predicted molar refractivity (Wildman–Crippen MR) is 139 cm³/mol. The average Bonchev–Trinajstić information content (AvgIpc) is 3.41. The summed E-state index contributed by atoms with van der Waals surface area (Å²) in [6.45, 7) is 2.59. The number of Topliss-reactive ketones (excluding diaryl/α,β-unsaturated/α-hetero) is 1. The highest BCUT2D eigenvalue weighted by atomic mass is 32.2. The summed E-state index contributed by atoms with van der Waals surface area (Å²) in [5.74, 6) is 0.279. The Bertz CT molecular complexity index is 1040. The normalized spacial score (nSPS) is 21.4. The van der Waals surface area contributed by atoms with Crippen molar-refractivity contribution in [3.8, 4) is 0 Å². The predicted octanol–water partition coefficient (Wildman–Crippen LogP) is 5.28. The Morgan fingerprint density at radius 2 is 1.69 bits per heavy atom. The van der Waals surface area contributed by atoms with Crippen LogP contribution in [0.1, 0.15) is 69.9 Å². The van der Waals surface area contributed by atoms with Gasteiger partial charge in [-0.05, 0) is 75.4 Å². The van der Waals surface area contributed by atoms with Crippen molar-refractivity contribution in [3.05, 3.63) is 60.2 Å². The largest absolute Gasteiger partial charge is 0.335 e. The van der Waals surface area contributed by atoms with Crippen molar-refractivity contribution in [3.63, 3.8) is 0 Å². The second kappa shape index (κ2) is 12.1. The monoisotopic (exact) mass is 494 g/mol. The molecule has 1 unspecified atom stereocenters. The van der Waals surface area contributed by atoms with E-state index in [9.17, 15) is 13.8 Å². The molecule has 1 aliphatic carbocycles. The van der Waals surface area contributed by atoms with Gasteiger partial charge in [0.1, 0.15) is 5.78 Å². The fraction of sp³-hybridized carbons (Fsp3) is 0.517. The first-order valence-electron chi connectivity index (χ1n) is 13.1. The SMILES string of the molecule is CN[C@@H](C)C(=O)C[C@H](C(=O)N1CCC[C@H]1c1cccc(S(=O)c2ccccc2)c1)C1CCCCC1. The van der Waals surface area contributed by atoms with Crippen LogP contribution in [0.3, 0.4) is 0 Å². The molecule has 1 saturated carbocycles. The molecule has 0 spiro atoms. The van der Waals surface area contributed by atoms with E-state index in [0.717, 1.165) is 53.9 Å². The van der Waals surface area contributed by atoms with E-state index < -0.39 is 10.8 Å². The second-order valence-electron chi connectivity index (χ2n) is 10.0. The molecule has 5 nitrogen and oxygen atoms in total. The van der Waals surface area contributed by atoms with Crippen LogP contribution in [0.15, 0.2) is 64.4 Å². The zero-order chi connectivity index (χ0) is 24.8. The van der Waals surface area contributed by atoms with Crippen molar-refractivity contribution in [1.82, 2.24) is 10.2 Å². The van der Waals surface area contributed by atoms with Gasteiger partial charge in [0, 0.05) is 28.7 Å². The van der Waals surface area contributed by atoms with E-state index in [0.29, 0.717) is 13.0 Å². The van der Waals surface area contributed by atoms with Crippen LogP contribution in [0.4, 0.5) is 0 Å². The van der Waals surface area contributed by atoms with Gasteiger partial charge >= 0.3 is 0 Å². The second-order valence-corrected chi connectivity index (χ2v) is 11.5. The number of benzene rings is 2. The zero-order valence-electron chi connectivity index (χ0n) is 20.9. The lowest BCUT2D eigenvalue weighted by atomic mass is 9.76. The minimum atomic E-state index is -1.26. The molecule has 2 aromatic carbocycles. The number of likely N-dealkylation sites (tertiary alicyclic amines) is 1. The van der Waals surface area contributed by atoms with Crippen LogP contribution < -0.4 is 5.32 Å². The first-order valence-corrected chi connectivity index (χ1v) is 14.2. The van der Waals surface area contributed by atoms with Crippen LogP contribution in [-0.4, -0.2) is 40.4 Å². The molecule has 1 amide bonds. The first-order chi connectivity index (χ1) is 17.0. The molecule has 2 aliphatic rings. The van der Waals surface area contributed by atoms with E-state index in [1.54, 1.807) is 7.05 Å². The summed E-state index contributed by atoms with van der Waals surface area (Å²) in [7, 11) is 0.534. The maximum absolute atomic E-state index is 14.0. The molecule has 4 atom stereocenters. The van der Waals surface area contributed by atoms with Gasteiger partial charge in [0.05, 0.1) is 22.9 Å². The quantitative estimate of drug-likeness (QED) is 0.515. The summed E-state index contributed by atoms with van der Waals surface area (Å²) < 4.78 is 13.1. The van der Waals surface area contributed by atoms with Gasteiger partial charge in [0.25, 0.3) is 0 Å². The van der Waals surface area contributed by atoms with Crippen molar-refractivity contribution >= 4 is 22.5 Å². The Hall–Kier alpha value is -2.31. The number of carbonyl (C=O) groups excluding carboxylic acids is 2.